The highest BCUT2D eigenvalue weighted by Crippen LogP contribution is 2.16. The second kappa shape index (κ2) is 8.73. The van der Waals surface area contributed by atoms with Gasteiger partial charge in [0, 0.05) is 6.42 Å². The quantitative estimate of drug-likeness (QED) is 0.559. The van der Waals surface area contributed by atoms with E-state index in [1.807, 2.05) is 24.3 Å². The number of benzene rings is 1. The molecule has 0 aromatic heterocycles. The standard InChI is InChI=1S/C17H23NO3S/c1-2-3-4-5-6-11-20-14-9-7-13(8-10-14)12-15-16(19)18-17(22)21-15/h7-10,15H,2-6,11-12H2,1H3,(H,18,19,22). The third kappa shape index (κ3) is 5.30. The number of carbonyl (C=O) groups excluding carboxylic acids is 1. The highest BCUT2D eigenvalue weighted by molar-refractivity contribution is 7.80. The first kappa shape index (κ1) is 16.7. The molecule has 1 atom stereocenters. The van der Waals surface area contributed by atoms with Gasteiger partial charge in [0.1, 0.15) is 5.75 Å². The van der Waals surface area contributed by atoms with E-state index in [9.17, 15) is 4.79 Å². The Morgan fingerprint density at radius 1 is 1.18 bits per heavy atom. The number of hydrogen-bond donors (Lipinski definition) is 1. The molecule has 2 rings (SSSR count). The highest BCUT2D eigenvalue weighted by Gasteiger charge is 2.29. The van der Waals surface area contributed by atoms with Gasteiger partial charge in [-0.25, -0.2) is 0 Å². The van der Waals surface area contributed by atoms with Crippen molar-refractivity contribution < 1.29 is 14.3 Å². The molecule has 1 saturated heterocycles. The van der Waals surface area contributed by atoms with Gasteiger partial charge >= 0.3 is 0 Å². The molecule has 1 aromatic carbocycles. The van der Waals surface area contributed by atoms with Crippen molar-refractivity contribution in [3.63, 3.8) is 0 Å². The molecule has 1 aliphatic rings. The fourth-order valence-corrected chi connectivity index (χ4v) is 2.58. The number of amides is 1. The van der Waals surface area contributed by atoms with Crippen LogP contribution in [0.25, 0.3) is 0 Å². The molecule has 0 spiro atoms. The van der Waals surface area contributed by atoms with Gasteiger partial charge in [0.15, 0.2) is 6.10 Å². The number of ether oxygens (including phenoxy) is 2. The second-order valence-electron chi connectivity index (χ2n) is 5.49. The molecule has 0 aliphatic carbocycles. The molecular formula is C17H23NO3S. The van der Waals surface area contributed by atoms with Crippen LogP contribution in [0.15, 0.2) is 24.3 Å². The fraction of sp³-hybridized carbons (Fsp3) is 0.529. The SMILES string of the molecule is CCCCCCCOc1ccc(CC2OC(=S)NC2=O)cc1. The van der Waals surface area contributed by atoms with Gasteiger partial charge in [-0.1, -0.05) is 44.7 Å². The van der Waals surface area contributed by atoms with E-state index in [4.69, 9.17) is 21.7 Å². The summed E-state index contributed by atoms with van der Waals surface area (Å²) in [6, 6.07) is 7.80. The summed E-state index contributed by atoms with van der Waals surface area (Å²) in [6.45, 7) is 2.97. The predicted molar refractivity (Wildman–Crippen MR) is 90.0 cm³/mol. The smallest absolute Gasteiger partial charge is 0.268 e. The molecular weight excluding hydrogens is 298 g/mol. The number of thiocarbonyl (C=S) groups is 1. The van der Waals surface area contributed by atoms with Crippen molar-refractivity contribution in [3.05, 3.63) is 29.8 Å². The molecule has 1 fully saturated rings. The Morgan fingerprint density at radius 2 is 1.91 bits per heavy atom. The van der Waals surface area contributed by atoms with Crippen LogP contribution in [-0.4, -0.2) is 23.8 Å². The first-order valence-electron chi connectivity index (χ1n) is 7.92. The summed E-state index contributed by atoms with van der Waals surface area (Å²) in [6.07, 6.45) is 6.16. The number of rotatable bonds is 9. The van der Waals surface area contributed by atoms with Crippen LogP contribution in [0, 0.1) is 0 Å². The predicted octanol–water partition coefficient (Wildman–Crippen LogP) is 3.38. The lowest BCUT2D eigenvalue weighted by Crippen LogP contribution is -2.25. The molecule has 1 amide bonds. The molecule has 1 aromatic rings. The topological polar surface area (TPSA) is 47.6 Å². The zero-order valence-electron chi connectivity index (χ0n) is 13.0. The lowest BCUT2D eigenvalue weighted by molar-refractivity contribution is -0.123. The summed E-state index contributed by atoms with van der Waals surface area (Å²) in [5, 5.41) is 2.66. The normalized spacial score (nSPS) is 17.2. The molecule has 120 valence electrons. The van der Waals surface area contributed by atoms with E-state index >= 15 is 0 Å². The van der Waals surface area contributed by atoms with Crippen molar-refractivity contribution in [1.82, 2.24) is 5.32 Å². The molecule has 22 heavy (non-hydrogen) atoms. The minimum absolute atomic E-state index is 0.165. The Morgan fingerprint density at radius 3 is 2.55 bits per heavy atom. The summed E-state index contributed by atoms with van der Waals surface area (Å²) < 4.78 is 11.0. The fourth-order valence-electron chi connectivity index (χ4n) is 2.36. The van der Waals surface area contributed by atoms with Crippen LogP contribution in [0.1, 0.15) is 44.6 Å². The van der Waals surface area contributed by atoms with E-state index in [0.29, 0.717) is 6.42 Å². The zero-order valence-corrected chi connectivity index (χ0v) is 13.8. The van der Waals surface area contributed by atoms with E-state index < -0.39 is 6.10 Å². The maximum absolute atomic E-state index is 11.6. The van der Waals surface area contributed by atoms with Crippen molar-refractivity contribution in [1.29, 1.82) is 0 Å². The summed E-state index contributed by atoms with van der Waals surface area (Å²) in [7, 11) is 0. The maximum Gasteiger partial charge on any atom is 0.268 e. The number of hydrogen-bond acceptors (Lipinski definition) is 4. The summed E-state index contributed by atoms with van der Waals surface area (Å²) >= 11 is 4.82. The second-order valence-corrected chi connectivity index (χ2v) is 5.86. The largest absolute Gasteiger partial charge is 0.494 e. The van der Waals surface area contributed by atoms with Gasteiger partial charge in [0.05, 0.1) is 6.61 Å². The molecule has 1 N–H and O–H groups in total. The van der Waals surface area contributed by atoms with Crippen LogP contribution < -0.4 is 10.1 Å². The Kier molecular flexibility index (Phi) is 6.65. The molecule has 5 heteroatoms. The highest BCUT2D eigenvalue weighted by atomic mass is 32.1. The number of nitrogens with one attached hydrogen (secondary N) is 1. The molecule has 1 aliphatic heterocycles. The van der Waals surface area contributed by atoms with E-state index in [0.717, 1.165) is 24.3 Å². The van der Waals surface area contributed by atoms with Gasteiger partial charge in [-0.05, 0) is 36.3 Å². The first-order valence-corrected chi connectivity index (χ1v) is 8.33. The third-order valence-corrected chi connectivity index (χ3v) is 3.83. The lowest BCUT2D eigenvalue weighted by atomic mass is 10.1. The van der Waals surface area contributed by atoms with Crippen molar-refractivity contribution >= 4 is 23.3 Å². The van der Waals surface area contributed by atoms with Gasteiger partial charge < -0.3 is 9.47 Å². The molecule has 1 heterocycles. The van der Waals surface area contributed by atoms with Crippen molar-refractivity contribution in [3.8, 4) is 5.75 Å². The molecule has 0 radical (unpaired) electrons. The van der Waals surface area contributed by atoms with Gasteiger partial charge in [-0.3, -0.25) is 10.1 Å². The van der Waals surface area contributed by atoms with Crippen molar-refractivity contribution in [2.24, 2.45) is 0 Å². The lowest BCUT2D eigenvalue weighted by Gasteiger charge is -2.09. The average Bonchev–Trinajstić information content (AvgIpc) is 2.82. The number of unbranched alkanes of at least 4 members (excludes halogenated alkanes) is 4. The van der Waals surface area contributed by atoms with Crippen LogP contribution in [-0.2, 0) is 16.0 Å². The van der Waals surface area contributed by atoms with E-state index in [-0.39, 0.29) is 11.1 Å². The Bertz CT molecular complexity index is 501. The molecule has 0 bridgehead atoms. The third-order valence-electron chi connectivity index (χ3n) is 3.63. The zero-order chi connectivity index (χ0) is 15.8. The van der Waals surface area contributed by atoms with Crippen LogP contribution in [0.4, 0.5) is 0 Å². The number of carbonyl (C=O) groups is 1. The maximum atomic E-state index is 11.6. The minimum Gasteiger partial charge on any atom is -0.494 e. The Balaban J connectivity index is 1.71. The summed E-state index contributed by atoms with van der Waals surface area (Å²) in [5.41, 5.74) is 1.03. The van der Waals surface area contributed by atoms with Crippen LogP contribution in [0.5, 0.6) is 5.75 Å². The summed E-state index contributed by atoms with van der Waals surface area (Å²) in [5.74, 6) is 0.698. The van der Waals surface area contributed by atoms with Crippen LogP contribution in [0.3, 0.4) is 0 Å². The minimum atomic E-state index is -0.516. The van der Waals surface area contributed by atoms with Crippen molar-refractivity contribution in [2.75, 3.05) is 6.61 Å². The molecule has 4 nitrogen and oxygen atoms in total. The van der Waals surface area contributed by atoms with Gasteiger partial charge in [-0.2, -0.15) is 0 Å². The average molecular weight is 321 g/mol. The van der Waals surface area contributed by atoms with Gasteiger partial charge in [0.25, 0.3) is 11.1 Å². The van der Waals surface area contributed by atoms with Crippen molar-refractivity contribution in [2.45, 2.75) is 51.6 Å². The van der Waals surface area contributed by atoms with E-state index in [2.05, 4.69) is 12.2 Å². The van der Waals surface area contributed by atoms with Gasteiger partial charge in [0.2, 0.25) is 0 Å². The van der Waals surface area contributed by atoms with E-state index in [1.54, 1.807) is 0 Å². The monoisotopic (exact) mass is 321 g/mol. The first-order chi connectivity index (χ1) is 10.7. The van der Waals surface area contributed by atoms with E-state index in [1.165, 1.54) is 25.7 Å². The van der Waals surface area contributed by atoms with Crippen LogP contribution >= 0.6 is 12.2 Å². The summed E-state index contributed by atoms with van der Waals surface area (Å²) in [4.78, 5) is 11.6. The Labute approximate surface area is 137 Å². The van der Waals surface area contributed by atoms with Gasteiger partial charge in [-0.15, -0.1) is 0 Å². The Hall–Kier alpha value is -1.62. The molecule has 1 unspecified atom stereocenters. The molecule has 0 saturated carbocycles. The van der Waals surface area contributed by atoms with Crippen LogP contribution in [0.2, 0.25) is 0 Å².